The molecule has 1 amide bonds. The number of hydrogen-bond acceptors (Lipinski definition) is 6. The topological polar surface area (TPSA) is 112 Å². The predicted octanol–water partition coefficient (Wildman–Crippen LogP) is 4.14. The Kier molecular flexibility index (Phi) is 6.58. The molecular formula is C27H24F2N4O4S. The van der Waals surface area contributed by atoms with Crippen LogP contribution in [0.25, 0.3) is 11.0 Å². The van der Waals surface area contributed by atoms with Crippen LogP contribution in [0.2, 0.25) is 0 Å². The first-order chi connectivity index (χ1) is 18.1. The fraction of sp³-hybridized carbons (Fsp3) is 0.222. The van der Waals surface area contributed by atoms with Crippen LogP contribution in [0.5, 0.6) is 0 Å². The molecule has 0 bridgehead atoms. The first-order valence-electron chi connectivity index (χ1n) is 11.9. The van der Waals surface area contributed by atoms with Crippen LogP contribution in [0.1, 0.15) is 34.3 Å². The van der Waals surface area contributed by atoms with Crippen LogP contribution in [0.15, 0.2) is 71.9 Å². The molecule has 5 rings (SSSR count). The predicted molar refractivity (Wildman–Crippen MR) is 137 cm³/mol. The molecule has 1 aromatic heterocycles. The molecule has 11 heteroatoms. The summed E-state index contributed by atoms with van der Waals surface area (Å²) in [7, 11) is -3.99. The Balaban J connectivity index is 1.31. The van der Waals surface area contributed by atoms with E-state index in [1.54, 1.807) is 25.1 Å². The van der Waals surface area contributed by atoms with Gasteiger partial charge in [-0.1, -0.05) is 18.2 Å². The van der Waals surface area contributed by atoms with Crippen molar-refractivity contribution in [2.45, 2.75) is 30.3 Å². The van der Waals surface area contributed by atoms with Gasteiger partial charge >= 0.3 is 0 Å². The van der Waals surface area contributed by atoms with E-state index in [0.29, 0.717) is 22.3 Å². The zero-order chi connectivity index (χ0) is 27.1. The van der Waals surface area contributed by atoms with E-state index in [-0.39, 0.29) is 47.8 Å². The molecular weight excluding hydrogens is 514 g/mol. The lowest BCUT2D eigenvalue weighted by atomic mass is 9.84. The van der Waals surface area contributed by atoms with E-state index in [0.717, 1.165) is 6.07 Å². The first-order valence-corrected chi connectivity index (χ1v) is 13.4. The molecule has 1 aliphatic heterocycles. The largest absolute Gasteiger partial charge is 0.385 e. The van der Waals surface area contributed by atoms with Crippen molar-refractivity contribution < 1.29 is 27.1 Å². The Labute approximate surface area is 218 Å². The van der Waals surface area contributed by atoms with E-state index in [1.807, 2.05) is 0 Å². The van der Waals surface area contributed by atoms with Crippen molar-refractivity contribution in [1.29, 1.82) is 0 Å². The Hall–Kier alpha value is -3.96. The highest BCUT2D eigenvalue weighted by Gasteiger charge is 2.38. The molecule has 0 radical (unpaired) electrons. The summed E-state index contributed by atoms with van der Waals surface area (Å²) in [5.41, 5.74) is 0.167. The van der Waals surface area contributed by atoms with Crippen LogP contribution in [0.3, 0.4) is 0 Å². The molecule has 3 aromatic carbocycles. The average molecular weight is 539 g/mol. The van der Waals surface area contributed by atoms with Gasteiger partial charge in [0.2, 0.25) is 0 Å². The summed E-state index contributed by atoms with van der Waals surface area (Å²) in [6.07, 6.45) is 2.99. The summed E-state index contributed by atoms with van der Waals surface area (Å²) in [5, 5.41) is 10.9. The van der Waals surface area contributed by atoms with Crippen molar-refractivity contribution in [3.05, 3.63) is 95.3 Å². The molecule has 0 saturated carbocycles. The summed E-state index contributed by atoms with van der Waals surface area (Å²) in [4.78, 5) is 22.9. The first kappa shape index (κ1) is 25.7. The number of benzene rings is 3. The van der Waals surface area contributed by atoms with Crippen LogP contribution in [-0.4, -0.2) is 47.4 Å². The van der Waals surface area contributed by atoms with E-state index >= 15 is 0 Å². The summed E-state index contributed by atoms with van der Waals surface area (Å²) < 4.78 is 56.8. The molecule has 196 valence electrons. The van der Waals surface area contributed by atoms with E-state index in [9.17, 15) is 27.1 Å². The minimum absolute atomic E-state index is 0.0156. The normalized spacial score (nSPS) is 15.4. The number of amides is 1. The molecule has 8 nitrogen and oxygen atoms in total. The van der Waals surface area contributed by atoms with Crippen molar-refractivity contribution in [2.24, 2.45) is 0 Å². The van der Waals surface area contributed by atoms with Crippen LogP contribution in [-0.2, 0) is 15.6 Å². The number of aromatic nitrogens is 2. The molecule has 1 fully saturated rings. The molecule has 0 spiro atoms. The highest BCUT2D eigenvalue weighted by atomic mass is 32.2. The fourth-order valence-corrected chi connectivity index (χ4v) is 5.99. The van der Waals surface area contributed by atoms with Gasteiger partial charge in [0.1, 0.15) is 10.4 Å². The maximum atomic E-state index is 14.3. The fourth-order valence-electron chi connectivity index (χ4n) is 4.69. The minimum atomic E-state index is -3.99. The monoisotopic (exact) mass is 538 g/mol. The van der Waals surface area contributed by atoms with Gasteiger partial charge in [0, 0.05) is 36.6 Å². The van der Waals surface area contributed by atoms with Crippen LogP contribution in [0.4, 0.5) is 14.5 Å². The van der Waals surface area contributed by atoms with E-state index < -0.39 is 27.3 Å². The SMILES string of the molecule is Cc1cc(C(=O)N2CCC(O)(c3cccc(F)c3F)CC2)ccc1NS(=O)(=O)c1cccc2nccnc12. The maximum absolute atomic E-state index is 14.3. The second kappa shape index (κ2) is 9.73. The van der Waals surface area contributed by atoms with Gasteiger partial charge in [0.15, 0.2) is 11.6 Å². The molecule has 2 heterocycles. The number of carbonyl (C=O) groups is 1. The molecule has 0 unspecified atom stereocenters. The van der Waals surface area contributed by atoms with Crippen molar-refractivity contribution in [2.75, 3.05) is 17.8 Å². The second-order valence-corrected chi connectivity index (χ2v) is 10.9. The Morgan fingerprint density at radius 3 is 2.47 bits per heavy atom. The number of aliphatic hydroxyl groups is 1. The van der Waals surface area contributed by atoms with Crippen LogP contribution >= 0.6 is 0 Å². The Bertz CT molecular complexity index is 1650. The highest BCUT2D eigenvalue weighted by molar-refractivity contribution is 7.93. The number of rotatable bonds is 5. The molecule has 1 saturated heterocycles. The number of likely N-dealkylation sites (tertiary alicyclic amines) is 1. The third-order valence-electron chi connectivity index (χ3n) is 6.80. The molecule has 4 aromatic rings. The third kappa shape index (κ3) is 4.70. The number of nitrogens with one attached hydrogen (secondary N) is 1. The molecule has 2 N–H and O–H groups in total. The average Bonchev–Trinajstić information content (AvgIpc) is 2.91. The smallest absolute Gasteiger partial charge is 0.264 e. The number of sulfonamides is 1. The third-order valence-corrected chi connectivity index (χ3v) is 8.20. The lowest BCUT2D eigenvalue weighted by Gasteiger charge is -2.38. The van der Waals surface area contributed by atoms with Crippen LogP contribution in [0, 0.1) is 18.6 Å². The zero-order valence-electron chi connectivity index (χ0n) is 20.4. The number of nitrogens with zero attached hydrogens (tertiary/aromatic N) is 3. The van der Waals surface area contributed by atoms with Gasteiger partial charge in [-0.3, -0.25) is 19.5 Å². The molecule has 0 atom stereocenters. The number of halogens is 2. The molecule has 1 aliphatic rings. The van der Waals surface area contributed by atoms with Gasteiger partial charge in [-0.05, 0) is 61.7 Å². The summed E-state index contributed by atoms with van der Waals surface area (Å²) in [6, 6.07) is 13.0. The second-order valence-electron chi connectivity index (χ2n) is 9.24. The molecule has 0 aliphatic carbocycles. The Morgan fingerprint density at radius 2 is 1.74 bits per heavy atom. The van der Waals surface area contributed by atoms with Crippen LogP contribution < -0.4 is 4.72 Å². The van der Waals surface area contributed by atoms with E-state index in [2.05, 4.69) is 14.7 Å². The standard InChI is InChI=1S/C27H24F2N4O4S/c1-17-16-18(26(34)33-14-10-27(35,11-15-33)19-4-2-5-20(28)24(19)29)8-9-21(17)32-38(36,37)23-7-3-6-22-25(23)31-13-12-30-22/h2-9,12-13,16,32,35H,10-11,14-15H2,1H3. The van der Waals surface area contributed by atoms with Crippen molar-refractivity contribution >= 4 is 32.7 Å². The van der Waals surface area contributed by atoms with Gasteiger partial charge in [-0.15, -0.1) is 0 Å². The van der Waals surface area contributed by atoms with Crippen molar-refractivity contribution in [3.8, 4) is 0 Å². The lowest BCUT2D eigenvalue weighted by molar-refractivity contribution is -0.0240. The van der Waals surface area contributed by atoms with Gasteiger partial charge in [0.05, 0.1) is 16.8 Å². The highest BCUT2D eigenvalue weighted by Crippen LogP contribution is 2.35. The van der Waals surface area contributed by atoms with Gasteiger partial charge in [-0.2, -0.15) is 0 Å². The van der Waals surface area contributed by atoms with Gasteiger partial charge in [0.25, 0.3) is 15.9 Å². The summed E-state index contributed by atoms with van der Waals surface area (Å²) >= 11 is 0. The zero-order valence-corrected chi connectivity index (χ0v) is 21.2. The number of aryl methyl sites for hydroxylation is 1. The molecule has 38 heavy (non-hydrogen) atoms. The maximum Gasteiger partial charge on any atom is 0.264 e. The van der Waals surface area contributed by atoms with E-state index in [1.165, 1.54) is 47.6 Å². The van der Waals surface area contributed by atoms with Crippen molar-refractivity contribution in [3.63, 3.8) is 0 Å². The number of hydrogen-bond donors (Lipinski definition) is 2. The van der Waals surface area contributed by atoms with E-state index in [4.69, 9.17) is 0 Å². The number of piperidine rings is 1. The number of anilines is 1. The summed E-state index contributed by atoms with van der Waals surface area (Å²) in [6.45, 7) is 1.96. The van der Waals surface area contributed by atoms with Gasteiger partial charge < -0.3 is 10.0 Å². The number of fused-ring (bicyclic) bond motifs is 1. The number of para-hydroxylation sites is 1. The number of carbonyl (C=O) groups excluding carboxylic acids is 1. The Morgan fingerprint density at radius 1 is 1.03 bits per heavy atom. The van der Waals surface area contributed by atoms with Gasteiger partial charge in [-0.25, -0.2) is 17.2 Å². The minimum Gasteiger partial charge on any atom is -0.385 e. The lowest BCUT2D eigenvalue weighted by Crippen LogP contribution is -2.45. The quantitative estimate of drug-likeness (QED) is 0.395. The summed E-state index contributed by atoms with van der Waals surface area (Å²) in [5.74, 6) is -2.43. The van der Waals surface area contributed by atoms with Crippen molar-refractivity contribution in [1.82, 2.24) is 14.9 Å².